The van der Waals surface area contributed by atoms with E-state index in [0.717, 1.165) is 0 Å². The molecule has 1 aliphatic rings. The van der Waals surface area contributed by atoms with Crippen LogP contribution in [0.4, 0.5) is 0 Å². The number of carbonyl (C=O) groups is 1. The fraction of sp³-hybridized carbons (Fsp3) is 0.556. The lowest BCUT2D eigenvalue weighted by Crippen LogP contribution is -2.39. The molecule has 2 heterocycles. The Labute approximate surface area is 104 Å². The third-order valence-electron chi connectivity index (χ3n) is 2.74. The molecule has 9 heteroatoms. The predicted molar refractivity (Wildman–Crippen MR) is 62.1 cm³/mol. The van der Waals surface area contributed by atoms with Gasteiger partial charge in [0.15, 0.2) is 21.3 Å². The number of aromatic nitrogens is 1. The largest absolute Gasteiger partial charge is 0.359 e. The summed E-state index contributed by atoms with van der Waals surface area (Å²) in [5.74, 6) is 5.25. The maximum absolute atomic E-state index is 11.3. The van der Waals surface area contributed by atoms with Gasteiger partial charge < -0.3 is 4.52 Å². The van der Waals surface area contributed by atoms with Gasteiger partial charge in [-0.1, -0.05) is 5.16 Å². The van der Waals surface area contributed by atoms with Crippen molar-refractivity contribution in [3.63, 3.8) is 0 Å². The molecule has 100 valence electrons. The van der Waals surface area contributed by atoms with Gasteiger partial charge in [0.05, 0.1) is 18.1 Å². The monoisotopic (exact) mass is 274 g/mol. The van der Waals surface area contributed by atoms with Crippen molar-refractivity contribution in [1.29, 1.82) is 0 Å². The number of hydrogen-bond acceptors (Lipinski definition) is 7. The molecule has 0 radical (unpaired) electrons. The van der Waals surface area contributed by atoms with Crippen molar-refractivity contribution in [2.75, 3.05) is 24.6 Å². The van der Waals surface area contributed by atoms with Crippen LogP contribution in [-0.2, 0) is 16.4 Å². The quantitative estimate of drug-likeness (QED) is 0.391. The van der Waals surface area contributed by atoms with Crippen LogP contribution in [0.15, 0.2) is 10.6 Å². The van der Waals surface area contributed by atoms with E-state index in [0.29, 0.717) is 25.4 Å². The SMILES string of the molecule is NNC(=O)c1cc(CN2CCS(=O)(=O)CC2)on1. The van der Waals surface area contributed by atoms with E-state index in [9.17, 15) is 13.2 Å². The minimum atomic E-state index is -2.89. The minimum absolute atomic E-state index is 0.108. The van der Waals surface area contributed by atoms with Crippen LogP contribution in [0.3, 0.4) is 0 Å². The third kappa shape index (κ3) is 3.06. The number of nitrogens with two attached hydrogens (primary N) is 1. The molecule has 2 rings (SSSR count). The average Bonchev–Trinajstić information content (AvgIpc) is 2.79. The Hall–Kier alpha value is -1.45. The van der Waals surface area contributed by atoms with Gasteiger partial charge in [0.2, 0.25) is 0 Å². The van der Waals surface area contributed by atoms with Crippen LogP contribution in [0, 0.1) is 0 Å². The molecule has 0 spiro atoms. The Balaban J connectivity index is 1.94. The molecule has 8 nitrogen and oxygen atoms in total. The Bertz CT molecular complexity index is 525. The molecule has 1 fully saturated rings. The molecular weight excluding hydrogens is 260 g/mol. The van der Waals surface area contributed by atoms with Crippen molar-refractivity contribution in [3.05, 3.63) is 17.5 Å². The summed E-state index contributed by atoms with van der Waals surface area (Å²) >= 11 is 0. The van der Waals surface area contributed by atoms with Crippen LogP contribution in [0.5, 0.6) is 0 Å². The van der Waals surface area contributed by atoms with Crippen molar-refractivity contribution >= 4 is 15.7 Å². The Morgan fingerprint density at radius 3 is 2.78 bits per heavy atom. The van der Waals surface area contributed by atoms with Crippen LogP contribution < -0.4 is 11.3 Å². The zero-order chi connectivity index (χ0) is 13.2. The van der Waals surface area contributed by atoms with Gasteiger partial charge in [-0.3, -0.25) is 15.1 Å². The lowest BCUT2D eigenvalue weighted by atomic mass is 10.3. The topological polar surface area (TPSA) is 119 Å². The molecule has 0 unspecified atom stereocenters. The van der Waals surface area contributed by atoms with Gasteiger partial charge in [-0.25, -0.2) is 14.3 Å². The molecule has 0 bridgehead atoms. The van der Waals surface area contributed by atoms with Crippen molar-refractivity contribution in [2.24, 2.45) is 5.84 Å². The smallest absolute Gasteiger partial charge is 0.287 e. The van der Waals surface area contributed by atoms with Crippen LogP contribution >= 0.6 is 0 Å². The molecule has 18 heavy (non-hydrogen) atoms. The van der Waals surface area contributed by atoms with E-state index in [2.05, 4.69) is 5.16 Å². The standard InChI is InChI=1S/C9H14N4O4S/c10-11-9(14)8-5-7(17-12-8)6-13-1-3-18(15,16)4-2-13/h5H,1-4,6,10H2,(H,11,14). The molecule has 0 aliphatic carbocycles. The summed E-state index contributed by atoms with van der Waals surface area (Å²) in [6, 6.07) is 1.49. The Morgan fingerprint density at radius 2 is 2.17 bits per heavy atom. The second kappa shape index (κ2) is 5.04. The van der Waals surface area contributed by atoms with Gasteiger partial charge in [0, 0.05) is 19.2 Å². The molecule has 1 saturated heterocycles. The molecule has 1 aliphatic heterocycles. The first-order valence-corrected chi connectivity index (χ1v) is 7.21. The summed E-state index contributed by atoms with van der Waals surface area (Å²) in [7, 11) is -2.89. The predicted octanol–water partition coefficient (Wildman–Crippen LogP) is -1.49. The van der Waals surface area contributed by atoms with E-state index in [1.807, 2.05) is 10.3 Å². The highest BCUT2D eigenvalue weighted by Gasteiger charge is 2.23. The normalized spacial score (nSPS) is 19.6. The summed E-state index contributed by atoms with van der Waals surface area (Å²) in [5, 5.41) is 3.57. The van der Waals surface area contributed by atoms with Gasteiger partial charge in [-0.2, -0.15) is 0 Å². The molecule has 0 atom stereocenters. The number of nitrogen functional groups attached to an aromatic ring is 1. The number of carbonyl (C=O) groups excluding carboxylic acids is 1. The second-order valence-corrected chi connectivity index (χ2v) is 6.38. The maximum Gasteiger partial charge on any atom is 0.287 e. The minimum Gasteiger partial charge on any atom is -0.359 e. The van der Waals surface area contributed by atoms with Gasteiger partial charge in [0.1, 0.15) is 0 Å². The Morgan fingerprint density at radius 1 is 1.50 bits per heavy atom. The van der Waals surface area contributed by atoms with E-state index in [1.54, 1.807) is 0 Å². The molecule has 1 aromatic heterocycles. The lowest BCUT2D eigenvalue weighted by Gasteiger charge is -2.25. The van der Waals surface area contributed by atoms with E-state index in [4.69, 9.17) is 10.4 Å². The number of rotatable bonds is 3. The Kier molecular flexibility index (Phi) is 3.64. The number of hydrogen-bond donors (Lipinski definition) is 2. The van der Waals surface area contributed by atoms with Crippen LogP contribution in [0.1, 0.15) is 16.2 Å². The van der Waals surface area contributed by atoms with Crippen molar-refractivity contribution < 1.29 is 17.7 Å². The van der Waals surface area contributed by atoms with Gasteiger partial charge in [-0.15, -0.1) is 0 Å². The number of sulfone groups is 1. The highest BCUT2D eigenvalue weighted by atomic mass is 32.2. The molecule has 0 aromatic carbocycles. The van der Waals surface area contributed by atoms with E-state index < -0.39 is 15.7 Å². The number of nitrogens with one attached hydrogen (secondary N) is 1. The summed E-state index contributed by atoms with van der Waals surface area (Å²) in [6.07, 6.45) is 0. The lowest BCUT2D eigenvalue weighted by molar-refractivity contribution is 0.0944. The summed E-state index contributed by atoms with van der Waals surface area (Å²) in [5.41, 5.74) is 2.06. The van der Waals surface area contributed by atoms with Crippen molar-refractivity contribution in [3.8, 4) is 0 Å². The second-order valence-electron chi connectivity index (χ2n) is 4.08. The zero-order valence-electron chi connectivity index (χ0n) is 9.63. The molecule has 1 amide bonds. The van der Waals surface area contributed by atoms with Gasteiger partial charge in [0.25, 0.3) is 5.91 Å². The van der Waals surface area contributed by atoms with Gasteiger partial charge >= 0.3 is 0 Å². The molecule has 0 saturated carbocycles. The van der Waals surface area contributed by atoms with Crippen LogP contribution in [0.2, 0.25) is 0 Å². The number of amides is 1. The summed E-state index contributed by atoms with van der Waals surface area (Å²) < 4.78 is 27.5. The number of nitrogens with zero attached hydrogens (tertiary/aromatic N) is 2. The molecule has 3 N–H and O–H groups in total. The zero-order valence-corrected chi connectivity index (χ0v) is 10.4. The van der Waals surface area contributed by atoms with E-state index in [-0.39, 0.29) is 17.2 Å². The maximum atomic E-state index is 11.3. The first kappa shape index (κ1) is 13.0. The van der Waals surface area contributed by atoms with Gasteiger partial charge in [-0.05, 0) is 0 Å². The van der Waals surface area contributed by atoms with Crippen molar-refractivity contribution in [2.45, 2.75) is 6.54 Å². The first-order chi connectivity index (χ1) is 8.50. The van der Waals surface area contributed by atoms with E-state index in [1.165, 1.54) is 6.07 Å². The number of hydrazine groups is 1. The average molecular weight is 274 g/mol. The van der Waals surface area contributed by atoms with Crippen LogP contribution in [-0.4, -0.2) is 49.0 Å². The molecule has 1 aromatic rings. The highest BCUT2D eigenvalue weighted by molar-refractivity contribution is 7.91. The van der Waals surface area contributed by atoms with Crippen molar-refractivity contribution in [1.82, 2.24) is 15.5 Å². The first-order valence-electron chi connectivity index (χ1n) is 5.39. The van der Waals surface area contributed by atoms with E-state index >= 15 is 0 Å². The highest BCUT2D eigenvalue weighted by Crippen LogP contribution is 2.10. The summed E-state index contributed by atoms with van der Waals surface area (Å²) in [4.78, 5) is 13.1. The fourth-order valence-corrected chi connectivity index (χ4v) is 2.97. The third-order valence-corrected chi connectivity index (χ3v) is 4.35. The summed E-state index contributed by atoms with van der Waals surface area (Å²) in [6.45, 7) is 1.35. The fourth-order valence-electron chi connectivity index (χ4n) is 1.70. The van der Waals surface area contributed by atoms with Crippen LogP contribution in [0.25, 0.3) is 0 Å². The molecular formula is C9H14N4O4S.